The zero-order chi connectivity index (χ0) is 13.1. The van der Waals surface area contributed by atoms with Crippen molar-refractivity contribution >= 4 is 27.5 Å². The van der Waals surface area contributed by atoms with Crippen LogP contribution in [0, 0.1) is 18.3 Å². The summed E-state index contributed by atoms with van der Waals surface area (Å²) < 4.78 is 6.49. The number of nitriles is 1. The van der Waals surface area contributed by atoms with Gasteiger partial charge >= 0.3 is 0 Å². The Kier molecular flexibility index (Phi) is 3.90. The van der Waals surface area contributed by atoms with Gasteiger partial charge in [0.05, 0.1) is 10.0 Å². The summed E-state index contributed by atoms with van der Waals surface area (Å²) in [6, 6.07) is 12.8. The molecule has 2 nitrogen and oxygen atoms in total. The van der Waals surface area contributed by atoms with E-state index < -0.39 is 0 Å². The molecule has 4 heteroatoms. The lowest BCUT2D eigenvalue weighted by atomic mass is 10.1. The molecule has 0 N–H and O–H groups in total. The summed E-state index contributed by atoms with van der Waals surface area (Å²) in [6.07, 6.45) is 0. The molecule has 0 saturated carbocycles. The van der Waals surface area contributed by atoms with Gasteiger partial charge in [-0.25, -0.2) is 0 Å². The fourth-order valence-electron chi connectivity index (χ4n) is 1.48. The summed E-state index contributed by atoms with van der Waals surface area (Å²) in [5, 5.41) is 9.66. The Hall–Kier alpha value is -1.50. The third kappa shape index (κ3) is 2.84. The van der Waals surface area contributed by atoms with Crippen molar-refractivity contribution in [3.05, 3.63) is 57.0 Å². The summed E-state index contributed by atoms with van der Waals surface area (Å²) >= 11 is 9.24. The molecule has 0 radical (unpaired) electrons. The maximum Gasteiger partial charge on any atom is 0.145 e. The van der Waals surface area contributed by atoms with Gasteiger partial charge < -0.3 is 4.74 Å². The third-order valence-electron chi connectivity index (χ3n) is 2.37. The van der Waals surface area contributed by atoms with Gasteiger partial charge in [0.15, 0.2) is 0 Å². The number of ether oxygens (including phenoxy) is 1. The second kappa shape index (κ2) is 5.43. The van der Waals surface area contributed by atoms with Gasteiger partial charge in [0.2, 0.25) is 0 Å². The minimum Gasteiger partial charge on any atom is -0.455 e. The van der Waals surface area contributed by atoms with Crippen molar-refractivity contribution in [2.45, 2.75) is 6.92 Å². The van der Waals surface area contributed by atoms with E-state index in [2.05, 4.69) is 22.0 Å². The maximum atomic E-state index is 9.04. The summed E-state index contributed by atoms with van der Waals surface area (Å²) in [5.74, 6) is 1.17. The van der Waals surface area contributed by atoms with Gasteiger partial charge in [-0.1, -0.05) is 17.7 Å². The molecule has 0 bridgehead atoms. The molecule has 0 fully saturated rings. The zero-order valence-electron chi connectivity index (χ0n) is 9.58. The van der Waals surface area contributed by atoms with Crippen LogP contribution in [0.25, 0.3) is 0 Å². The van der Waals surface area contributed by atoms with Gasteiger partial charge in [-0.2, -0.15) is 5.26 Å². The van der Waals surface area contributed by atoms with E-state index in [1.165, 1.54) is 0 Å². The highest BCUT2D eigenvalue weighted by molar-refractivity contribution is 9.10. The first kappa shape index (κ1) is 12.9. The molecule has 0 aliphatic rings. The van der Waals surface area contributed by atoms with E-state index in [0.717, 1.165) is 10.0 Å². The van der Waals surface area contributed by atoms with E-state index in [1.54, 1.807) is 24.3 Å². The summed E-state index contributed by atoms with van der Waals surface area (Å²) in [5.41, 5.74) is 1.54. The van der Waals surface area contributed by atoms with Crippen molar-refractivity contribution in [1.29, 1.82) is 5.26 Å². The average molecular weight is 323 g/mol. The molecule has 2 aromatic carbocycles. The van der Waals surface area contributed by atoms with Gasteiger partial charge in [0, 0.05) is 5.02 Å². The van der Waals surface area contributed by atoms with Crippen molar-refractivity contribution in [2.75, 3.05) is 0 Å². The normalized spacial score (nSPS) is 9.89. The highest BCUT2D eigenvalue weighted by atomic mass is 79.9. The van der Waals surface area contributed by atoms with Crippen LogP contribution in [-0.2, 0) is 0 Å². The van der Waals surface area contributed by atoms with Crippen LogP contribution in [0.5, 0.6) is 11.5 Å². The number of benzene rings is 2. The van der Waals surface area contributed by atoms with E-state index >= 15 is 0 Å². The third-order valence-corrected chi connectivity index (χ3v) is 3.23. The van der Waals surface area contributed by atoms with Crippen molar-refractivity contribution in [3.63, 3.8) is 0 Å². The molecule has 0 unspecified atom stereocenters. The Balaban J connectivity index is 2.40. The average Bonchev–Trinajstić information content (AvgIpc) is 2.33. The number of hydrogen-bond acceptors (Lipinski definition) is 2. The topological polar surface area (TPSA) is 33.0 Å². The van der Waals surface area contributed by atoms with Crippen molar-refractivity contribution < 1.29 is 4.74 Å². The first-order valence-corrected chi connectivity index (χ1v) is 6.41. The number of halogens is 2. The molecule has 0 aliphatic heterocycles. The lowest BCUT2D eigenvalue weighted by molar-refractivity contribution is 0.477. The van der Waals surface area contributed by atoms with Crippen LogP contribution in [0.1, 0.15) is 11.1 Å². The summed E-state index contributed by atoms with van der Waals surface area (Å²) in [4.78, 5) is 0. The molecule has 0 aliphatic carbocycles. The lowest BCUT2D eigenvalue weighted by Gasteiger charge is -2.10. The van der Waals surface area contributed by atoms with Crippen molar-refractivity contribution in [3.8, 4) is 17.6 Å². The van der Waals surface area contributed by atoms with Gasteiger partial charge in [-0.05, 0) is 58.7 Å². The van der Waals surface area contributed by atoms with Crippen LogP contribution in [0.15, 0.2) is 40.9 Å². The largest absolute Gasteiger partial charge is 0.455 e. The van der Waals surface area contributed by atoms with E-state index in [-0.39, 0.29) is 0 Å². The number of hydrogen-bond donors (Lipinski definition) is 0. The molecule has 0 atom stereocenters. The molecule has 0 saturated heterocycles. The highest BCUT2D eigenvalue weighted by Gasteiger charge is 2.08. The summed E-state index contributed by atoms with van der Waals surface area (Å²) in [6.45, 7) is 1.95. The molecule has 2 aromatic rings. The molecule has 0 aromatic heterocycles. The van der Waals surface area contributed by atoms with Gasteiger partial charge in [-0.3, -0.25) is 0 Å². The number of rotatable bonds is 2. The van der Waals surface area contributed by atoms with E-state index in [0.29, 0.717) is 22.1 Å². The molecule has 18 heavy (non-hydrogen) atoms. The Morgan fingerprint density at radius 1 is 1.17 bits per heavy atom. The lowest BCUT2D eigenvalue weighted by Crippen LogP contribution is -1.90. The Morgan fingerprint density at radius 3 is 2.61 bits per heavy atom. The van der Waals surface area contributed by atoms with E-state index in [9.17, 15) is 0 Å². The molecule has 0 amide bonds. The Morgan fingerprint density at radius 2 is 1.94 bits per heavy atom. The van der Waals surface area contributed by atoms with Crippen molar-refractivity contribution in [1.82, 2.24) is 0 Å². The number of aryl methyl sites for hydroxylation is 1. The Bertz CT molecular complexity index is 634. The van der Waals surface area contributed by atoms with Crippen LogP contribution in [0.3, 0.4) is 0 Å². The Labute approximate surface area is 119 Å². The van der Waals surface area contributed by atoms with Crippen LogP contribution in [-0.4, -0.2) is 0 Å². The van der Waals surface area contributed by atoms with Gasteiger partial charge in [0.1, 0.15) is 17.6 Å². The molecular formula is C14H9BrClNO. The van der Waals surface area contributed by atoms with Crippen LogP contribution in [0.2, 0.25) is 5.02 Å². The molecule has 2 rings (SSSR count). The minimum atomic E-state index is 0.502. The maximum absolute atomic E-state index is 9.04. The predicted octanol–water partition coefficient (Wildman–Crippen LogP) is 5.07. The SMILES string of the molecule is Cc1ccc(C#N)c(Oc2ccc(Cl)cc2Br)c1. The molecular weight excluding hydrogens is 314 g/mol. The molecule has 90 valence electrons. The minimum absolute atomic E-state index is 0.502. The second-order valence-electron chi connectivity index (χ2n) is 3.79. The first-order valence-electron chi connectivity index (χ1n) is 5.24. The smallest absolute Gasteiger partial charge is 0.145 e. The monoisotopic (exact) mass is 321 g/mol. The van der Waals surface area contributed by atoms with Crippen molar-refractivity contribution in [2.24, 2.45) is 0 Å². The standard InChI is InChI=1S/C14H9BrClNO/c1-9-2-3-10(8-17)14(6-9)18-13-5-4-11(16)7-12(13)15/h2-7H,1H3. The van der Waals surface area contributed by atoms with Crippen LogP contribution >= 0.6 is 27.5 Å². The molecule has 0 heterocycles. The zero-order valence-corrected chi connectivity index (χ0v) is 11.9. The van der Waals surface area contributed by atoms with Crippen LogP contribution < -0.4 is 4.74 Å². The molecule has 0 spiro atoms. The highest BCUT2D eigenvalue weighted by Crippen LogP contribution is 2.33. The predicted molar refractivity (Wildman–Crippen MR) is 75.1 cm³/mol. The fourth-order valence-corrected chi connectivity index (χ4v) is 2.25. The van der Waals surface area contributed by atoms with E-state index in [1.807, 2.05) is 19.1 Å². The van der Waals surface area contributed by atoms with Crippen LogP contribution in [0.4, 0.5) is 0 Å². The van der Waals surface area contributed by atoms with Gasteiger partial charge in [-0.15, -0.1) is 0 Å². The quantitative estimate of drug-likeness (QED) is 0.773. The van der Waals surface area contributed by atoms with E-state index in [4.69, 9.17) is 21.6 Å². The number of nitrogens with zero attached hydrogens (tertiary/aromatic N) is 1. The van der Waals surface area contributed by atoms with Gasteiger partial charge in [0.25, 0.3) is 0 Å². The first-order chi connectivity index (χ1) is 8.60. The second-order valence-corrected chi connectivity index (χ2v) is 5.08. The fraction of sp³-hybridized carbons (Fsp3) is 0.0714. The summed E-state index contributed by atoms with van der Waals surface area (Å²) in [7, 11) is 0.